The molecular weight excluding hydrogens is 430 g/mol. The SMILES string of the molecule is CC(=NO)c1ccc(-n2ncc3cc([N+]4(c5ccccc5C(N)=O)CCOCC4)ccc32)cc1. The number of quaternary nitrogens is 1. The van der Waals surface area contributed by atoms with Crippen molar-refractivity contribution in [3.05, 3.63) is 84.1 Å². The number of fused-ring (bicyclic) bond motifs is 1. The molecule has 3 N–H and O–H groups in total. The molecule has 172 valence electrons. The van der Waals surface area contributed by atoms with Gasteiger partial charge in [0.05, 0.1) is 36.3 Å². The third-order valence-corrected chi connectivity index (χ3v) is 6.59. The van der Waals surface area contributed by atoms with Crippen LogP contribution in [0.3, 0.4) is 0 Å². The number of oxime groups is 1. The number of nitrogens with two attached hydrogens (primary N) is 1. The summed E-state index contributed by atoms with van der Waals surface area (Å²) in [6.45, 7) is 4.34. The molecule has 1 aromatic heterocycles. The number of rotatable bonds is 5. The molecule has 4 aromatic rings. The number of morpholine rings is 1. The number of carbonyl (C=O) groups excluding carboxylic acids is 1. The Labute approximate surface area is 197 Å². The Bertz CT molecular complexity index is 1390. The van der Waals surface area contributed by atoms with Crippen molar-refractivity contribution in [1.29, 1.82) is 0 Å². The minimum Gasteiger partial charge on any atom is -0.411 e. The maximum absolute atomic E-state index is 12.2. The molecule has 0 unspecified atom stereocenters. The lowest BCUT2D eigenvalue weighted by Gasteiger charge is -2.41. The first kappa shape index (κ1) is 21.8. The molecule has 1 aliphatic heterocycles. The van der Waals surface area contributed by atoms with Crippen LogP contribution in [0.1, 0.15) is 22.8 Å². The van der Waals surface area contributed by atoms with Crippen LogP contribution >= 0.6 is 0 Å². The highest BCUT2D eigenvalue weighted by Crippen LogP contribution is 2.39. The van der Waals surface area contributed by atoms with Gasteiger partial charge in [0, 0.05) is 23.6 Å². The Morgan fingerprint density at radius 1 is 1.09 bits per heavy atom. The van der Waals surface area contributed by atoms with E-state index in [-0.39, 0.29) is 0 Å². The molecule has 34 heavy (non-hydrogen) atoms. The summed E-state index contributed by atoms with van der Waals surface area (Å²) >= 11 is 0. The minimum absolute atomic E-state index is 0.432. The van der Waals surface area contributed by atoms with E-state index in [0.717, 1.165) is 33.5 Å². The number of benzene rings is 3. The standard InChI is InChI=1S/C26H25N5O3/c1-18(29-33)19-6-8-21(9-7-19)30-24-11-10-22(16-20(24)17-28-30)31(12-14-34-15-13-31)25-5-3-2-4-23(25)26(27)32/h2-11,16-17H,12-15H2,1H3,(H2-,27,32,33)/p+1. The van der Waals surface area contributed by atoms with Crippen molar-refractivity contribution in [3.8, 4) is 5.69 Å². The lowest BCUT2D eigenvalue weighted by atomic mass is 10.0. The van der Waals surface area contributed by atoms with E-state index < -0.39 is 5.91 Å². The molecular formula is C26H26N5O3+. The molecule has 0 bridgehead atoms. The van der Waals surface area contributed by atoms with Crippen LogP contribution in [0.4, 0.5) is 11.4 Å². The van der Waals surface area contributed by atoms with E-state index in [1.807, 2.05) is 53.3 Å². The Hall–Kier alpha value is -4.01. The fraction of sp³-hybridized carbons (Fsp3) is 0.192. The zero-order valence-electron chi connectivity index (χ0n) is 18.9. The molecule has 1 amide bonds. The predicted octanol–water partition coefficient (Wildman–Crippen LogP) is 3.99. The third kappa shape index (κ3) is 3.63. The smallest absolute Gasteiger partial charge is 0.254 e. The number of nitrogens with zero attached hydrogens (tertiary/aromatic N) is 4. The lowest BCUT2D eigenvalue weighted by molar-refractivity contribution is 0.0636. The van der Waals surface area contributed by atoms with Gasteiger partial charge in [0.15, 0.2) is 5.69 Å². The molecule has 2 heterocycles. The fourth-order valence-corrected chi connectivity index (χ4v) is 4.74. The summed E-state index contributed by atoms with van der Waals surface area (Å²) in [4.78, 5) is 12.2. The van der Waals surface area contributed by atoms with Crippen molar-refractivity contribution in [1.82, 2.24) is 14.3 Å². The van der Waals surface area contributed by atoms with E-state index in [0.29, 0.717) is 42.1 Å². The zero-order chi connectivity index (χ0) is 23.7. The second-order valence-electron chi connectivity index (χ2n) is 8.44. The van der Waals surface area contributed by atoms with Crippen LogP contribution < -0.4 is 10.2 Å². The molecule has 1 aliphatic rings. The molecule has 0 saturated carbocycles. The van der Waals surface area contributed by atoms with Crippen molar-refractivity contribution < 1.29 is 14.7 Å². The first-order valence-corrected chi connectivity index (χ1v) is 11.2. The zero-order valence-corrected chi connectivity index (χ0v) is 18.9. The molecule has 5 rings (SSSR count). The van der Waals surface area contributed by atoms with E-state index in [1.54, 1.807) is 13.0 Å². The highest BCUT2D eigenvalue weighted by atomic mass is 16.5. The molecule has 0 spiro atoms. The van der Waals surface area contributed by atoms with Crippen molar-refractivity contribution in [2.24, 2.45) is 10.9 Å². The Balaban J connectivity index is 1.60. The van der Waals surface area contributed by atoms with Gasteiger partial charge >= 0.3 is 0 Å². The molecule has 0 atom stereocenters. The summed E-state index contributed by atoms with van der Waals surface area (Å²) < 4.78 is 8.06. The van der Waals surface area contributed by atoms with Gasteiger partial charge < -0.3 is 15.7 Å². The van der Waals surface area contributed by atoms with Crippen LogP contribution in [0.2, 0.25) is 0 Å². The van der Waals surface area contributed by atoms with Gasteiger partial charge in [0.1, 0.15) is 24.3 Å². The maximum Gasteiger partial charge on any atom is 0.254 e. The van der Waals surface area contributed by atoms with Crippen molar-refractivity contribution in [3.63, 3.8) is 0 Å². The number of hydrogen-bond acceptors (Lipinski definition) is 5. The van der Waals surface area contributed by atoms with Gasteiger partial charge in [0.25, 0.3) is 5.91 Å². The molecule has 1 fully saturated rings. The van der Waals surface area contributed by atoms with Gasteiger partial charge in [0.2, 0.25) is 0 Å². The number of aromatic nitrogens is 2. The molecule has 3 aromatic carbocycles. The van der Waals surface area contributed by atoms with E-state index in [2.05, 4.69) is 28.5 Å². The second kappa shape index (κ2) is 8.74. The molecule has 1 saturated heterocycles. The van der Waals surface area contributed by atoms with Gasteiger partial charge in [-0.2, -0.15) is 5.10 Å². The van der Waals surface area contributed by atoms with E-state index in [1.165, 1.54) is 0 Å². The number of ether oxygens (including phenoxy) is 1. The Morgan fingerprint density at radius 3 is 2.53 bits per heavy atom. The molecule has 0 radical (unpaired) electrons. The lowest BCUT2D eigenvalue weighted by Crippen LogP contribution is -2.53. The number of carbonyl (C=O) groups is 1. The number of para-hydroxylation sites is 1. The maximum atomic E-state index is 12.2. The largest absolute Gasteiger partial charge is 0.411 e. The summed E-state index contributed by atoms with van der Waals surface area (Å²) in [6.07, 6.45) is 1.85. The number of amides is 1. The molecule has 8 heteroatoms. The highest BCUT2D eigenvalue weighted by molar-refractivity contribution is 5.99. The Kier molecular flexibility index (Phi) is 5.61. The molecule has 8 nitrogen and oxygen atoms in total. The predicted molar refractivity (Wildman–Crippen MR) is 132 cm³/mol. The van der Waals surface area contributed by atoms with Crippen molar-refractivity contribution in [2.75, 3.05) is 26.3 Å². The average molecular weight is 457 g/mol. The van der Waals surface area contributed by atoms with Crippen LogP contribution in [0, 0.1) is 0 Å². The fourth-order valence-electron chi connectivity index (χ4n) is 4.74. The summed E-state index contributed by atoms with van der Waals surface area (Å²) in [5.74, 6) is -0.432. The number of primary amides is 1. The monoisotopic (exact) mass is 456 g/mol. The van der Waals surface area contributed by atoms with Crippen LogP contribution in [-0.4, -0.2) is 52.9 Å². The van der Waals surface area contributed by atoms with Crippen LogP contribution in [0.25, 0.3) is 16.6 Å². The second-order valence-corrected chi connectivity index (χ2v) is 8.44. The highest BCUT2D eigenvalue weighted by Gasteiger charge is 2.38. The summed E-state index contributed by atoms with van der Waals surface area (Å²) in [5.41, 5.74) is 11.5. The van der Waals surface area contributed by atoms with Crippen LogP contribution in [-0.2, 0) is 4.74 Å². The molecule has 0 aliphatic carbocycles. The third-order valence-electron chi connectivity index (χ3n) is 6.59. The first-order chi connectivity index (χ1) is 16.5. The van der Waals surface area contributed by atoms with Crippen molar-refractivity contribution in [2.45, 2.75) is 6.92 Å². The van der Waals surface area contributed by atoms with E-state index in [4.69, 9.17) is 15.7 Å². The van der Waals surface area contributed by atoms with E-state index in [9.17, 15) is 4.79 Å². The summed E-state index contributed by atoms with van der Waals surface area (Å²) in [6, 6.07) is 21.6. The topological polar surface area (TPSA) is 103 Å². The summed E-state index contributed by atoms with van der Waals surface area (Å²) in [7, 11) is 0. The van der Waals surface area contributed by atoms with E-state index >= 15 is 0 Å². The normalized spacial score (nSPS) is 16.0. The quantitative estimate of drug-likeness (QED) is 0.205. The van der Waals surface area contributed by atoms with Gasteiger partial charge in [-0.1, -0.05) is 29.4 Å². The van der Waals surface area contributed by atoms with Crippen LogP contribution in [0.5, 0.6) is 0 Å². The van der Waals surface area contributed by atoms with Gasteiger partial charge in [-0.05, 0) is 36.8 Å². The average Bonchev–Trinajstić information content (AvgIpc) is 3.32. The Morgan fingerprint density at radius 2 is 1.82 bits per heavy atom. The van der Waals surface area contributed by atoms with Gasteiger partial charge in [-0.3, -0.25) is 9.28 Å². The summed E-state index contributed by atoms with van der Waals surface area (Å²) in [5, 5.41) is 17.9. The van der Waals surface area contributed by atoms with Gasteiger partial charge in [-0.15, -0.1) is 0 Å². The first-order valence-electron chi connectivity index (χ1n) is 11.2. The van der Waals surface area contributed by atoms with Gasteiger partial charge in [-0.25, -0.2) is 4.68 Å². The van der Waals surface area contributed by atoms with Crippen LogP contribution in [0.15, 0.2) is 78.1 Å². The minimum atomic E-state index is -0.432. The van der Waals surface area contributed by atoms with Crippen molar-refractivity contribution >= 4 is 33.9 Å². The number of hydrogen-bond donors (Lipinski definition) is 2.